The predicted molar refractivity (Wildman–Crippen MR) is 132 cm³/mol. The summed E-state index contributed by atoms with van der Waals surface area (Å²) in [4.78, 5) is 11.7. The lowest BCUT2D eigenvalue weighted by atomic mass is 9.57. The van der Waals surface area contributed by atoms with Crippen molar-refractivity contribution in [2.75, 3.05) is 29.5 Å². The van der Waals surface area contributed by atoms with Gasteiger partial charge in [0.1, 0.15) is 11.5 Å². The highest BCUT2D eigenvalue weighted by atomic mass is 35.5. The molecule has 0 bridgehead atoms. The topological polar surface area (TPSA) is 97.1 Å². The maximum atomic E-state index is 13.1. The summed E-state index contributed by atoms with van der Waals surface area (Å²) in [6.45, 7) is 2.25. The normalized spacial score (nSPS) is 24.1. The molecule has 7 rings (SSSR count). The average molecular weight is 566 g/mol. The summed E-state index contributed by atoms with van der Waals surface area (Å²) >= 11 is 6.32. The van der Waals surface area contributed by atoms with Crippen molar-refractivity contribution in [2.45, 2.75) is 44.1 Å². The molecule has 5 heterocycles. The summed E-state index contributed by atoms with van der Waals surface area (Å²) in [5.41, 5.74) is 0.998. The number of hydrogen-bond donors (Lipinski definition) is 0. The van der Waals surface area contributed by atoms with Crippen molar-refractivity contribution in [2.24, 2.45) is 5.41 Å². The van der Waals surface area contributed by atoms with Gasteiger partial charge in [0.05, 0.1) is 23.7 Å². The molecule has 1 aliphatic carbocycles. The Kier molecular flexibility index (Phi) is 5.19. The lowest BCUT2D eigenvalue weighted by Gasteiger charge is -2.58. The molecule has 4 aliphatic rings. The molecule has 3 aliphatic heterocycles. The van der Waals surface area contributed by atoms with Crippen molar-refractivity contribution in [1.82, 2.24) is 29.6 Å². The number of alkyl halides is 3. The van der Waals surface area contributed by atoms with Gasteiger partial charge in [-0.15, -0.1) is 10.2 Å². The van der Waals surface area contributed by atoms with Crippen molar-refractivity contribution < 1.29 is 21.6 Å². The molecule has 1 saturated carbocycles. The Morgan fingerprint density at radius 3 is 2.53 bits per heavy atom. The van der Waals surface area contributed by atoms with Gasteiger partial charge in [0.25, 0.3) is 0 Å². The van der Waals surface area contributed by atoms with Gasteiger partial charge in [-0.2, -0.15) is 13.2 Å². The van der Waals surface area contributed by atoms with E-state index in [0.717, 1.165) is 48.0 Å². The molecule has 9 nitrogen and oxygen atoms in total. The fourth-order valence-electron chi connectivity index (χ4n) is 6.31. The molecule has 3 aromatic rings. The molecular formula is C24H23ClF3N7O2S. The van der Waals surface area contributed by atoms with Crippen molar-refractivity contribution in [3.63, 3.8) is 0 Å². The van der Waals surface area contributed by atoms with Gasteiger partial charge in [0.2, 0.25) is 5.95 Å². The highest BCUT2D eigenvalue weighted by Crippen LogP contribution is 2.56. The van der Waals surface area contributed by atoms with E-state index in [-0.39, 0.29) is 34.8 Å². The minimum Gasteiger partial charge on any atom is -0.340 e. The molecule has 0 unspecified atom stereocenters. The average Bonchev–Trinajstić information content (AvgIpc) is 3.10. The van der Waals surface area contributed by atoms with Gasteiger partial charge in [-0.1, -0.05) is 11.6 Å². The predicted octanol–water partition coefficient (Wildman–Crippen LogP) is 3.23. The second-order valence-corrected chi connectivity index (χ2v) is 13.5. The maximum Gasteiger partial charge on any atom is 0.433 e. The molecule has 0 N–H and O–H groups in total. The van der Waals surface area contributed by atoms with Crippen LogP contribution < -0.4 is 4.90 Å². The fraction of sp³-hybridized carbons (Fsp3) is 0.500. The molecule has 0 radical (unpaired) electrons. The van der Waals surface area contributed by atoms with E-state index in [1.165, 1.54) is 0 Å². The Hall–Kier alpha value is -2.77. The summed E-state index contributed by atoms with van der Waals surface area (Å²) in [5, 5.41) is 9.68. The Labute approximate surface area is 221 Å². The van der Waals surface area contributed by atoms with Gasteiger partial charge in [-0.3, -0.25) is 9.47 Å². The first kappa shape index (κ1) is 24.3. The molecule has 2 saturated heterocycles. The highest BCUT2D eigenvalue weighted by Gasteiger charge is 2.55. The van der Waals surface area contributed by atoms with Crippen LogP contribution in [0.1, 0.15) is 41.7 Å². The van der Waals surface area contributed by atoms with Crippen LogP contribution in [0, 0.1) is 5.41 Å². The molecule has 0 amide bonds. The number of aromatic nitrogens is 5. The molecule has 1 spiro atoms. The van der Waals surface area contributed by atoms with Gasteiger partial charge in [-0.25, -0.2) is 18.4 Å². The standard InChI is InChI=1S/C24H23ClF3N7O2S/c25-16-1-2-18-14(5-16)8-33(17-10-38(36,37)11-17)9-20-31-32-21(35(18)20)15-6-23(7-15)12-34(13-23)22-29-4-3-19(30-22)24(26,27)28/h1-5,15,17H,6-13H2. The number of halogens is 4. The van der Waals surface area contributed by atoms with E-state index < -0.39 is 21.7 Å². The highest BCUT2D eigenvalue weighted by molar-refractivity contribution is 7.92. The number of nitrogens with zero attached hydrogens (tertiary/aromatic N) is 7. The maximum absolute atomic E-state index is 13.1. The molecule has 200 valence electrons. The molecule has 0 atom stereocenters. The van der Waals surface area contributed by atoms with Crippen LogP contribution in [0.25, 0.3) is 5.69 Å². The first-order chi connectivity index (χ1) is 18.0. The minimum atomic E-state index is -4.50. The zero-order valence-corrected chi connectivity index (χ0v) is 21.6. The van der Waals surface area contributed by atoms with Crippen LogP contribution in [0.4, 0.5) is 19.1 Å². The third-order valence-electron chi connectivity index (χ3n) is 8.16. The van der Waals surface area contributed by atoms with E-state index in [1.54, 1.807) is 4.90 Å². The van der Waals surface area contributed by atoms with E-state index in [1.807, 2.05) is 18.2 Å². The summed E-state index contributed by atoms with van der Waals surface area (Å²) in [6, 6.07) is 6.52. The molecule has 1 aromatic carbocycles. The molecular weight excluding hydrogens is 543 g/mol. The first-order valence-corrected chi connectivity index (χ1v) is 14.5. The van der Waals surface area contributed by atoms with Gasteiger partial charge >= 0.3 is 6.18 Å². The SMILES string of the molecule is O=S1(=O)CC(N2Cc3cc(Cl)ccc3-n3c(nnc3C3CC4(C3)CN(c3nccc(C(F)(F)F)n3)C4)C2)C1. The van der Waals surface area contributed by atoms with E-state index in [2.05, 4.69) is 29.6 Å². The van der Waals surface area contributed by atoms with Crippen molar-refractivity contribution in [3.05, 3.63) is 58.4 Å². The van der Waals surface area contributed by atoms with Crippen LogP contribution >= 0.6 is 11.6 Å². The van der Waals surface area contributed by atoms with Crippen LogP contribution in [0.15, 0.2) is 30.5 Å². The first-order valence-electron chi connectivity index (χ1n) is 12.3. The largest absolute Gasteiger partial charge is 0.433 e. The number of benzene rings is 1. The molecule has 3 fully saturated rings. The lowest BCUT2D eigenvalue weighted by molar-refractivity contribution is -0.141. The number of rotatable bonds is 3. The van der Waals surface area contributed by atoms with E-state index >= 15 is 0 Å². The number of hydrogen-bond acceptors (Lipinski definition) is 8. The van der Waals surface area contributed by atoms with Crippen LogP contribution in [0.5, 0.6) is 0 Å². The second-order valence-electron chi connectivity index (χ2n) is 10.9. The van der Waals surface area contributed by atoms with Crippen molar-refractivity contribution >= 4 is 27.4 Å². The monoisotopic (exact) mass is 565 g/mol. The van der Waals surface area contributed by atoms with E-state index in [0.29, 0.717) is 31.2 Å². The van der Waals surface area contributed by atoms with Gasteiger partial charge < -0.3 is 4.90 Å². The lowest BCUT2D eigenvalue weighted by Crippen LogP contribution is -2.62. The Morgan fingerprint density at radius 2 is 1.82 bits per heavy atom. The molecule has 38 heavy (non-hydrogen) atoms. The van der Waals surface area contributed by atoms with Gasteiger partial charge in [0.15, 0.2) is 15.7 Å². The van der Waals surface area contributed by atoms with Crippen LogP contribution in [-0.2, 0) is 29.1 Å². The number of anilines is 1. The van der Waals surface area contributed by atoms with E-state index in [9.17, 15) is 21.6 Å². The minimum absolute atomic E-state index is 0.00542. The van der Waals surface area contributed by atoms with Crippen LogP contribution in [0.3, 0.4) is 0 Å². The summed E-state index contributed by atoms with van der Waals surface area (Å²) in [5.74, 6) is 2.15. The number of fused-ring (bicyclic) bond motifs is 3. The van der Waals surface area contributed by atoms with Gasteiger partial charge in [-0.05, 0) is 42.7 Å². The van der Waals surface area contributed by atoms with Gasteiger partial charge in [0, 0.05) is 48.2 Å². The number of sulfone groups is 1. The second kappa shape index (κ2) is 8.12. The smallest absolute Gasteiger partial charge is 0.340 e. The van der Waals surface area contributed by atoms with Crippen LogP contribution in [0.2, 0.25) is 5.02 Å². The summed E-state index contributed by atoms with van der Waals surface area (Å²) < 4.78 is 64.9. The van der Waals surface area contributed by atoms with Crippen molar-refractivity contribution in [1.29, 1.82) is 0 Å². The Balaban J connectivity index is 1.11. The van der Waals surface area contributed by atoms with Crippen molar-refractivity contribution in [3.8, 4) is 5.69 Å². The zero-order valence-electron chi connectivity index (χ0n) is 20.1. The van der Waals surface area contributed by atoms with Crippen LogP contribution in [-0.4, -0.2) is 68.7 Å². The Bertz CT molecular complexity index is 1530. The Morgan fingerprint density at radius 1 is 1.05 bits per heavy atom. The quantitative estimate of drug-likeness (QED) is 0.478. The zero-order chi connectivity index (χ0) is 26.4. The fourth-order valence-corrected chi connectivity index (χ4v) is 8.00. The molecule has 2 aromatic heterocycles. The molecule has 14 heteroatoms. The van der Waals surface area contributed by atoms with E-state index in [4.69, 9.17) is 11.6 Å². The summed E-state index contributed by atoms with van der Waals surface area (Å²) in [7, 11) is -2.98. The third-order valence-corrected chi connectivity index (χ3v) is 10.2. The third kappa shape index (κ3) is 3.97. The summed E-state index contributed by atoms with van der Waals surface area (Å²) in [6.07, 6.45) is -1.67.